The molecule has 0 saturated heterocycles. The van der Waals surface area contributed by atoms with E-state index in [9.17, 15) is 4.39 Å². The first-order chi connectivity index (χ1) is 5.66. The highest BCUT2D eigenvalue weighted by Gasteiger charge is 2.07. The van der Waals surface area contributed by atoms with E-state index < -0.39 is 5.82 Å². The van der Waals surface area contributed by atoms with Crippen LogP contribution in [0.2, 0.25) is 0 Å². The molecule has 5 heteroatoms. The monoisotopic (exact) mass is 247 g/mol. The van der Waals surface area contributed by atoms with E-state index >= 15 is 0 Å². The number of rotatable bonds is 0. The van der Waals surface area contributed by atoms with Crippen molar-refractivity contribution in [2.75, 3.05) is 0 Å². The molecule has 0 fully saturated rings. The first kappa shape index (κ1) is 7.94. The number of thiazole rings is 1. The van der Waals surface area contributed by atoms with E-state index in [2.05, 4.69) is 20.9 Å². The van der Waals surface area contributed by atoms with Crippen molar-refractivity contribution in [3.05, 3.63) is 21.9 Å². The van der Waals surface area contributed by atoms with Gasteiger partial charge in [-0.2, -0.15) is 0 Å². The van der Waals surface area contributed by atoms with Crippen LogP contribution >= 0.6 is 27.3 Å². The summed E-state index contributed by atoms with van der Waals surface area (Å²) in [6, 6.07) is 2.54. The fraction of sp³-hybridized carbons (Fsp3) is 0. The highest BCUT2D eigenvalue weighted by molar-refractivity contribution is 9.11. The zero-order valence-electron chi connectivity index (χ0n) is 5.71. The lowest BCUT2D eigenvalue weighted by atomic mass is 10.3. The van der Waals surface area contributed by atoms with Gasteiger partial charge in [0.25, 0.3) is 0 Å². The number of hydrogen-bond donors (Lipinski definition) is 1. The van der Waals surface area contributed by atoms with Crippen LogP contribution in [0.15, 0.2) is 16.0 Å². The summed E-state index contributed by atoms with van der Waals surface area (Å²) in [5, 5.41) is 9.04. The predicted octanol–water partition coefficient (Wildman–Crippen LogP) is 2.90. The fourth-order valence-electron chi connectivity index (χ4n) is 0.948. The Morgan fingerprint density at radius 1 is 1.50 bits per heavy atom. The summed E-state index contributed by atoms with van der Waals surface area (Å²) in [7, 11) is 0. The quantitative estimate of drug-likeness (QED) is 0.777. The Morgan fingerprint density at radius 3 is 3.00 bits per heavy atom. The second kappa shape index (κ2) is 2.67. The van der Waals surface area contributed by atoms with Crippen molar-refractivity contribution in [2.45, 2.75) is 0 Å². The van der Waals surface area contributed by atoms with E-state index in [1.54, 1.807) is 0 Å². The van der Waals surface area contributed by atoms with Crippen LogP contribution in [0.1, 0.15) is 0 Å². The van der Waals surface area contributed by atoms with E-state index in [0.29, 0.717) is 14.1 Å². The normalized spacial score (nSPS) is 10.8. The van der Waals surface area contributed by atoms with Crippen LogP contribution in [0.5, 0.6) is 5.75 Å². The minimum Gasteiger partial charge on any atom is -0.508 e. The molecule has 62 valence electrons. The molecule has 2 nitrogen and oxygen atoms in total. The minimum absolute atomic E-state index is 0.0730. The van der Waals surface area contributed by atoms with Crippen molar-refractivity contribution in [3.63, 3.8) is 0 Å². The molecule has 1 heterocycles. The molecule has 0 bridgehead atoms. The van der Waals surface area contributed by atoms with Crippen molar-refractivity contribution in [1.29, 1.82) is 0 Å². The minimum atomic E-state index is -0.494. The predicted molar refractivity (Wildman–Crippen MR) is 48.9 cm³/mol. The fourth-order valence-corrected chi connectivity index (χ4v) is 2.39. The van der Waals surface area contributed by atoms with Crippen LogP contribution in [0.25, 0.3) is 10.2 Å². The highest BCUT2D eigenvalue weighted by atomic mass is 79.9. The van der Waals surface area contributed by atoms with E-state index in [1.807, 2.05) is 0 Å². The third-order valence-electron chi connectivity index (χ3n) is 1.41. The second-order valence-electron chi connectivity index (χ2n) is 2.24. The summed E-state index contributed by atoms with van der Waals surface area (Å²) in [6.07, 6.45) is 0. The number of phenols is 1. The zero-order valence-corrected chi connectivity index (χ0v) is 8.12. The lowest BCUT2D eigenvalue weighted by molar-refractivity contribution is 0.471. The number of fused-ring (bicyclic) bond motifs is 1. The Kier molecular flexibility index (Phi) is 1.77. The van der Waals surface area contributed by atoms with E-state index in [4.69, 9.17) is 5.11 Å². The van der Waals surface area contributed by atoms with Gasteiger partial charge in [-0.15, -0.1) is 11.3 Å². The molecule has 0 aliphatic heterocycles. The molecule has 0 spiro atoms. The Balaban J connectivity index is 2.88. The number of hydrogen-bond acceptors (Lipinski definition) is 3. The van der Waals surface area contributed by atoms with Gasteiger partial charge in [-0.1, -0.05) is 0 Å². The summed E-state index contributed by atoms with van der Waals surface area (Å²) in [6.45, 7) is 0. The van der Waals surface area contributed by atoms with Crippen molar-refractivity contribution in [3.8, 4) is 5.75 Å². The maximum atomic E-state index is 13.0. The van der Waals surface area contributed by atoms with Gasteiger partial charge in [-0.05, 0) is 22.0 Å². The summed E-state index contributed by atoms with van der Waals surface area (Å²) in [5.74, 6) is -0.567. The van der Waals surface area contributed by atoms with Gasteiger partial charge in [0, 0.05) is 6.07 Å². The Hall–Kier alpha value is -0.680. The average Bonchev–Trinajstić information content (AvgIpc) is 2.29. The third kappa shape index (κ3) is 1.19. The Labute approximate surface area is 79.8 Å². The topological polar surface area (TPSA) is 33.1 Å². The molecular formula is C7H3BrFNOS. The molecule has 1 aromatic carbocycles. The maximum absolute atomic E-state index is 13.0. The van der Waals surface area contributed by atoms with Crippen molar-refractivity contribution in [2.24, 2.45) is 0 Å². The number of phenolic OH excluding ortho intramolecular Hbond substituents is 1. The smallest absolute Gasteiger partial charge is 0.160 e. The molecule has 0 aliphatic carbocycles. The Bertz CT molecular complexity index is 442. The largest absolute Gasteiger partial charge is 0.508 e. The molecule has 0 atom stereocenters. The molecule has 2 aromatic rings. The molecule has 0 amide bonds. The van der Waals surface area contributed by atoms with Crippen molar-refractivity contribution < 1.29 is 9.50 Å². The van der Waals surface area contributed by atoms with Gasteiger partial charge in [0.2, 0.25) is 0 Å². The zero-order chi connectivity index (χ0) is 8.72. The van der Waals surface area contributed by atoms with Gasteiger partial charge in [0.05, 0.1) is 4.70 Å². The van der Waals surface area contributed by atoms with E-state index in [0.717, 1.165) is 6.07 Å². The molecular weight excluding hydrogens is 245 g/mol. The summed E-state index contributed by atoms with van der Waals surface area (Å²) < 4.78 is 14.3. The number of halogens is 2. The lowest BCUT2D eigenvalue weighted by Crippen LogP contribution is -1.76. The molecule has 2 rings (SSSR count). The van der Waals surface area contributed by atoms with E-state index in [1.165, 1.54) is 17.4 Å². The van der Waals surface area contributed by atoms with Crippen LogP contribution in [0, 0.1) is 5.82 Å². The maximum Gasteiger partial charge on any atom is 0.160 e. The van der Waals surface area contributed by atoms with Crippen LogP contribution in [0.4, 0.5) is 4.39 Å². The molecule has 0 radical (unpaired) electrons. The first-order valence-electron chi connectivity index (χ1n) is 3.11. The van der Waals surface area contributed by atoms with E-state index in [-0.39, 0.29) is 5.75 Å². The van der Waals surface area contributed by atoms with Crippen molar-refractivity contribution >= 4 is 37.5 Å². The number of aromatic nitrogens is 1. The van der Waals surface area contributed by atoms with Gasteiger partial charge in [-0.25, -0.2) is 9.37 Å². The average molecular weight is 248 g/mol. The van der Waals surface area contributed by atoms with Crippen LogP contribution < -0.4 is 0 Å². The molecule has 1 N–H and O–H groups in total. The SMILES string of the molecule is Oc1cc(F)c2nc(Br)sc2c1. The second-order valence-corrected chi connectivity index (χ2v) is 4.55. The molecule has 1 aromatic heterocycles. The van der Waals surface area contributed by atoms with Crippen LogP contribution in [-0.2, 0) is 0 Å². The molecule has 12 heavy (non-hydrogen) atoms. The van der Waals surface area contributed by atoms with Gasteiger partial charge < -0.3 is 5.11 Å². The van der Waals surface area contributed by atoms with Gasteiger partial charge >= 0.3 is 0 Å². The summed E-state index contributed by atoms with van der Waals surface area (Å²) in [4.78, 5) is 3.90. The van der Waals surface area contributed by atoms with Gasteiger partial charge in [0.15, 0.2) is 9.73 Å². The van der Waals surface area contributed by atoms with Gasteiger partial charge in [0.1, 0.15) is 11.3 Å². The molecule has 0 saturated carbocycles. The summed E-state index contributed by atoms with van der Waals surface area (Å²) in [5.41, 5.74) is 0.296. The highest BCUT2D eigenvalue weighted by Crippen LogP contribution is 2.30. The lowest BCUT2D eigenvalue weighted by Gasteiger charge is -1.91. The standard InChI is InChI=1S/C7H3BrFNOS/c8-7-10-6-4(9)1-3(11)2-5(6)12-7/h1-2,11H. The number of aromatic hydroxyl groups is 1. The van der Waals surface area contributed by atoms with Crippen molar-refractivity contribution in [1.82, 2.24) is 4.98 Å². The van der Waals surface area contributed by atoms with Crippen LogP contribution in [0.3, 0.4) is 0 Å². The first-order valence-corrected chi connectivity index (χ1v) is 4.72. The number of benzene rings is 1. The summed E-state index contributed by atoms with van der Waals surface area (Å²) >= 11 is 4.43. The Morgan fingerprint density at radius 2 is 2.25 bits per heavy atom. The third-order valence-corrected chi connectivity index (χ3v) is 2.86. The molecule has 0 unspecified atom stereocenters. The van der Waals surface area contributed by atoms with Gasteiger partial charge in [-0.3, -0.25) is 0 Å². The molecule has 0 aliphatic rings. The van der Waals surface area contributed by atoms with Crippen LogP contribution in [-0.4, -0.2) is 10.1 Å². The number of nitrogens with zero attached hydrogens (tertiary/aromatic N) is 1.